The lowest BCUT2D eigenvalue weighted by atomic mass is 10.1. The number of rotatable bonds is 6. The van der Waals surface area contributed by atoms with E-state index >= 15 is 0 Å². The predicted octanol–water partition coefficient (Wildman–Crippen LogP) is 5.82. The van der Waals surface area contributed by atoms with Crippen LogP contribution in [0.2, 0.25) is 0 Å². The Labute approximate surface area is 193 Å². The van der Waals surface area contributed by atoms with Gasteiger partial charge in [-0.2, -0.15) is 0 Å². The van der Waals surface area contributed by atoms with E-state index in [9.17, 15) is 14.9 Å². The fraction of sp³-hybridized carbons (Fsp3) is 0.0400. The quantitative estimate of drug-likeness (QED) is 0.198. The largest absolute Gasteiger partial charge is 0.320 e. The summed E-state index contributed by atoms with van der Waals surface area (Å²) in [6.07, 6.45) is 0. The fourth-order valence-corrected chi connectivity index (χ4v) is 4.61. The van der Waals surface area contributed by atoms with E-state index in [1.807, 2.05) is 48.5 Å². The lowest BCUT2D eigenvalue weighted by molar-refractivity contribution is -0.383. The summed E-state index contributed by atoms with van der Waals surface area (Å²) in [4.78, 5) is 28.1. The van der Waals surface area contributed by atoms with Gasteiger partial charge in [-0.1, -0.05) is 72.4 Å². The van der Waals surface area contributed by atoms with Crippen molar-refractivity contribution in [3.05, 3.63) is 101 Å². The van der Waals surface area contributed by atoms with E-state index in [0.29, 0.717) is 5.16 Å². The number of amides is 1. The van der Waals surface area contributed by atoms with Crippen molar-refractivity contribution in [1.29, 1.82) is 0 Å². The van der Waals surface area contributed by atoms with Crippen LogP contribution in [0, 0.1) is 10.1 Å². The highest BCUT2D eigenvalue weighted by molar-refractivity contribution is 7.99. The van der Waals surface area contributed by atoms with Crippen LogP contribution in [0.1, 0.15) is 0 Å². The van der Waals surface area contributed by atoms with Gasteiger partial charge in [0, 0.05) is 11.5 Å². The van der Waals surface area contributed by atoms with Crippen LogP contribution in [0.4, 0.5) is 11.4 Å². The third-order valence-electron chi connectivity index (χ3n) is 5.24. The molecule has 4 aromatic carbocycles. The number of aromatic nitrogens is 2. The van der Waals surface area contributed by atoms with Crippen LogP contribution in [-0.4, -0.2) is 26.1 Å². The molecule has 5 aromatic rings. The number of carbonyl (C=O) groups is 1. The van der Waals surface area contributed by atoms with Gasteiger partial charge < -0.3 is 5.32 Å². The molecule has 0 aliphatic carbocycles. The first-order valence-corrected chi connectivity index (χ1v) is 11.2. The topological polar surface area (TPSA) is 90.1 Å². The number of imidazole rings is 1. The summed E-state index contributed by atoms with van der Waals surface area (Å²) in [6, 6.07) is 28.1. The Bertz CT molecular complexity index is 1510. The van der Waals surface area contributed by atoms with Gasteiger partial charge in [0.1, 0.15) is 5.69 Å². The molecule has 0 aliphatic rings. The number of para-hydroxylation sites is 4. The molecule has 8 heteroatoms. The van der Waals surface area contributed by atoms with Gasteiger partial charge >= 0.3 is 0 Å². The number of nitrogens with zero attached hydrogens (tertiary/aromatic N) is 3. The maximum absolute atomic E-state index is 12.6. The van der Waals surface area contributed by atoms with Crippen LogP contribution in [0.3, 0.4) is 0 Å². The normalized spacial score (nSPS) is 11.0. The van der Waals surface area contributed by atoms with Crippen molar-refractivity contribution in [2.75, 3.05) is 11.1 Å². The number of nitro groups is 1. The molecule has 5 rings (SSSR count). The Kier molecular flexibility index (Phi) is 5.50. The van der Waals surface area contributed by atoms with E-state index in [-0.39, 0.29) is 23.0 Å². The number of nitrogens with one attached hydrogen (secondary N) is 1. The molecular weight excluding hydrogens is 436 g/mol. The first-order valence-electron chi connectivity index (χ1n) is 10.2. The van der Waals surface area contributed by atoms with Crippen LogP contribution < -0.4 is 5.32 Å². The third kappa shape index (κ3) is 4.04. The summed E-state index contributed by atoms with van der Waals surface area (Å²) >= 11 is 1.29. The smallest absolute Gasteiger partial charge is 0.292 e. The van der Waals surface area contributed by atoms with E-state index < -0.39 is 4.92 Å². The van der Waals surface area contributed by atoms with Gasteiger partial charge in [0.2, 0.25) is 5.91 Å². The number of benzene rings is 4. The third-order valence-corrected chi connectivity index (χ3v) is 6.18. The van der Waals surface area contributed by atoms with E-state index in [0.717, 1.165) is 27.5 Å². The second kappa shape index (κ2) is 8.76. The number of thioether (sulfide) groups is 1. The number of anilines is 1. The zero-order chi connectivity index (χ0) is 22.8. The number of hydrogen-bond acceptors (Lipinski definition) is 5. The van der Waals surface area contributed by atoms with Crippen molar-refractivity contribution in [2.45, 2.75) is 5.16 Å². The summed E-state index contributed by atoms with van der Waals surface area (Å²) in [5.74, 6) is -0.286. The molecule has 0 fully saturated rings. The zero-order valence-corrected chi connectivity index (χ0v) is 18.2. The van der Waals surface area contributed by atoms with E-state index in [4.69, 9.17) is 4.98 Å². The summed E-state index contributed by atoms with van der Waals surface area (Å²) in [7, 11) is 0. The molecule has 1 N–H and O–H groups in total. The maximum atomic E-state index is 12.6. The van der Waals surface area contributed by atoms with Crippen molar-refractivity contribution in [3.63, 3.8) is 0 Å². The molecule has 0 aliphatic heterocycles. The Morgan fingerprint density at radius 1 is 0.939 bits per heavy atom. The number of carbonyl (C=O) groups excluding carboxylic acids is 1. The Hall–Kier alpha value is -4.17. The van der Waals surface area contributed by atoms with Gasteiger partial charge in [0.15, 0.2) is 5.16 Å². The maximum Gasteiger partial charge on any atom is 0.292 e. The van der Waals surface area contributed by atoms with E-state index in [2.05, 4.69) is 28.1 Å². The number of nitro benzene ring substituents is 1. The van der Waals surface area contributed by atoms with Gasteiger partial charge in [0.25, 0.3) is 5.69 Å². The SMILES string of the molecule is O=C(CSc1nc2ccccc2n1-c1cccc2ccccc12)Nc1ccccc1[N+](=O)[O-]. The minimum Gasteiger partial charge on any atom is -0.320 e. The standard InChI is InChI=1S/C25H18N4O3S/c30-24(26-20-12-4-6-14-23(20)29(31)32)16-33-25-27-19-11-3-5-13-22(19)28(25)21-15-7-9-17-8-1-2-10-18(17)21/h1-15H,16H2,(H,26,30). The lowest BCUT2D eigenvalue weighted by Gasteiger charge is -2.12. The van der Waals surface area contributed by atoms with Crippen LogP contribution in [-0.2, 0) is 4.79 Å². The highest BCUT2D eigenvalue weighted by atomic mass is 32.2. The molecule has 1 heterocycles. The molecule has 162 valence electrons. The van der Waals surface area contributed by atoms with Crippen LogP contribution in [0.15, 0.2) is 96.2 Å². The fourth-order valence-electron chi connectivity index (χ4n) is 3.79. The summed E-state index contributed by atoms with van der Waals surface area (Å²) < 4.78 is 2.06. The first kappa shape index (κ1) is 20.7. The first-order chi connectivity index (χ1) is 16.1. The Balaban J connectivity index is 1.49. The lowest BCUT2D eigenvalue weighted by Crippen LogP contribution is -2.15. The van der Waals surface area contributed by atoms with Crippen molar-refractivity contribution in [1.82, 2.24) is 9.55 Å². The molecule has 0 spiro atoms. The Morgan fingerprint density at radius 3 is 2.55 bits per heavy atom. The molecule has 0 radical (unpaired) electrons. The van der Waals surface area contributed by atoms with Crippen molar-refractivity contribution >= 4 is 50.8 Å². The summed E-state index contributed by atoms with van der Waals surface area (Å²) in [5, 5.41) is 16.7. The number of fused-ring (bicyclic) bond motifs is 2. The van der Waals surface area contributed by atoms with Crippen LogP contribution in [0.5, 0.6) is 0 Å². The number of hydrogen-bond donors (Lipinski definition) is 1. The molecule has 0 bridgehead atoms. The van der Waals surface area contributed by atoms with Gasteiger partial charge in [0.05, 0.1) is 27.4 Å². The predicted molar refractivity (Wildman–Crippen MR) is 131 cm³/mol. The van der Waals surface area contributed by atoms with E-state index in [1.54, 1.807) is 12.1 Å². The second-order valence-corrected chi connectivity index (χ2v) is 8.27. The van der Waals surface area contributed by atoms with Gasteiger partial charge in [-0.25, -0.2) is 4.98 Å². The van der Waals surface area contributed by atoms with E-state index in [1.165, 1.54) is 23.9 Å². The average Bonchev–Trinajstić information content (AvgIpc) is 3.21. The summed E-state index contributed by atoms with van der Waals surface area (Å²) in [6.45, 7) is 0. The van der Waals surface area contributed by atoms with Gasteiger partial charge in [-0.15, -0.1) is 0 Å². The molecule has 1 amide bonds. The molecule has 7 nitrogen and oxygen atoms in total. The van der Waals surface area contributed by atoms with Crippen molar-refractivity contribution in [3.8, 4) is 5.69 Å². The molecule has 1 aromatic heterocycles. The minimum absolute atomic E-state index is 0.0557. The van der Waals surface area contributed by atoms with Crippen LogP contribution >= 0.6 is 11.8 Å². The summed E-state index contributed by atoms with van der Waals surface area (Å²) in [5.41, 5.74) is 2.78. The van der Waals surface area contributed by atoms with Gasteiger partial charge in [-0.05, 0) is 29.7 Å². The Morgan fingerprint density at radius 2 is 1.67 bits per heavy atom. The monoisotopic (exact) mass is 454 g/mol. The van der Waals surface area contributed by atoms with Crippen molar-refractivity contribution in [2.24, 2.45) is 0 Å². The zero-order valence-electron chi connectivity index (χ0n) is 17.3. The molecule has 0 unspecified atom stereocenters. The molecule has 33 heavy (non-hydrogen) atoms. The van der Waals surface area contributed by atoms with Crippen molar-refractivity contribution < 1.29 is 9.72 Å². The molecule has 0 saturated carbocycles. The molecule has 0 atom stereocenters. The van der Waals surface area contributed by atoms with Crippen LogP contribution in [0.25, 0.3) is 27.5 Å². The highest BCUT2D eigenvalue weighted by Gasteiger charge is 2.18. The van der Waals surface area contributed by atoms with Gasteiger partial charge in [-0.3, -0.25) is 19.5 Å². The highest BCUT2D eigenvalue weighted by Crippen LogP contribution is 2.32. The minimum atomic E-state index is -0.511. The second-order valence-electron chi connectivity index (χ2n) is 7.33. The molecular formula is C25H18N4O3S. The molecule has 0 saturated heterocycles. The average molecular weight is 455 g/mol.